The van der Waals surface area contributed by atoms with E-state index in [0.29, 0.717) is 0 Å². The van der Waals surface area contributed by atoms with Crippen molar-refractivity contribution in [2.24, 2.45) is 5.92 Å². The minimum atomic E-state index is -5.14. The SMILES string of the molecule is CC(=O)Oc1c(C(F)F)nc(C(F)(F)F)c([PH](=O)Cl)c1CC(C)C. The molecule has 4 nitrogen and oxygen atoms in total. The second kappa shape index (κ2) is 7.78. The molecule has 1 unspecified atom stereocenters. The Bertz CT molecular complexity index is 664. The number of halogens is 6. The topological polar surface area (TPSA) is 56.3 Å². The van der Waals surface area contributed by atoms with Gasteiger partial charge in [0.25, 0.3) is 6.43 Å². The van der Waals surface area contributed by atoms with E-state index in [1.165, 1.54) is 0 Å². The van der Waals surface area contributed by atoms with E-state index in [4.69, 9.17) is 11.2 Å². The number of nitrogens with zero attached hydrogens (tertiary/aromatic N) is 1. The fourth-order valence-electron chi connectivity index (χ4n) is 2.06. The number of rotatable bonds is 5. The molecule has 0 fully saturated rings. The van der Waals surface area contributed by atoms with Crippen LogP contribution in [0.15, 0.2) is 0 Å². The molecular formula is C13H14ClF5NO3P. The predicted octanol–water partition coefficient (Wildman–Crippen LogP) is 4.50. The van der Waals surface area contributed by atoms with Gasteiger partial charge in [0, 0.05) is 12.5 Å². The zero-order valence-corrected chi connectivity index (χ0v) is 14.6. The molecule has 136 valence electrons. The average molecular weight is 394 g/mol. The summed E-state index contributed by atoms with van der Waals surface area (Å²) >= 11 is 5.42. The smallest absolute Gasteiger partial charge is 0.424 e. The number of carbonyl (C=O) groups is 1. The Morgan fingerprint density at radius 1 is 1.33 bits per heavy atom. The van der Waals surface area contributed by atoms with E-state index in [9.17, 15) is 31.3 Å². The van der Waals surface area contributed by atoms with Crippen molar-refractivity contribution in [2.45, 2.75) is 39.8 Å². The Hall–Kier alpha value is -1.21. The molecule has 11 heteroatoms. The van der Waals surface area contributed by atoms with Crippen molar-refractivity contribution in [1.82, 2.24) is 4.98 Å². The first-order valence-corrected chi connectivity index (χ1v) is 9.08. The normalized spacial score (nSPS) is 13.5. The van der Waals surface area contributed by atoms with Crippen LogP contribution in [0.4, 0.5) is 22.0 Å². The molecule has 0 saturated carbocycles. The number of esters is 1. The van der Waals surface area contributed by atoms with Crippen LogP contribution < -0.4 is 10.0 Å². The van der Waals surface area contributed by atoms with Crippen LogP contribution in [0.25, 0.3) is 0 Å². The largest absolute Gasteiger partial charge is 0.434 e. The molecular weight excluding hydrogens is 380 g/mol. The molecule has 1 atom stereocenters. The Kier molecular flexibility index (Phi) is 6.75. The summed E-state index contributed by atoms with van der Waals surface area (Å²) < 4.78 is 82.2. The zero-order valence-electron chi connectivity index (χ0n) is 12.8. The van der Waals surface area contributed by atoms with Crippen molar-refractivity contribution < 1.29 is 36.0 Å². The van der Waals surface area contributed by atoms with Crippen LogP contribution in [-0.2, 0) is 22.0 Å². The van der Waals surface area contributed by atoms with Gasteiger partial charge < -0.3 is 9.30 Å². The van der Waals surface area contributed by atoms with Gasteiger partial charge in [-0.25, -0.2) is 13.8 Å². The number of pyridine rings is 1. The molecule has 0 spiro atoms. The van der Waals surface area contributed by atoms with Gasteiger partial charge in [-0.3, -0.25) is 4.79 Å². The number of alkyl halides is 5. The average Bonchev–Trinajstić information content (AvgIpc) is 2.36. The lowest BCUT2D eigenvalue weighted by Gasteiger charge is -2.21. The maximum absolute atomic E-state index is 13.2. The highest BCUT2D eigenvalue weighted by Gasteiger charge is 2.41. The molecule has 1 aromatic heterocycles. The maximum Gasteiger partial charge on any atom is 0.434 e. The van der Waals surface area contributed by atoms with E-state index in [-0.39, 0.29) is 12.3 Å². The first-order chi connectivity index (χ1) is 10.9. The molecule has 0 bridgehead atoms. The molecule has 1 heterocycles. The van der Waals surface area contributed by atoms with Crippen LogP contribution >= 0.6 is 18.4 Å². The van der Waals surface area contributed by atoms with Gasteiger partial charge in [0.1, 0.15) is 5.69 Å². The highest BCUT2D eigenvalue weighted by molar-refractivity contribution is 7.80. The molecule has 0 amide bonds. The van der Waals surface area contributed by atoms with Gasteiger partial charge in [-0.1, -0.05) is 25.1 Å². The third kappa shape index (κ3) is 4.89. The maximum atomic E-state index is 13.2. The fraction of sp³-hybridized carbons (Fsp3) is 0.538. The Morgan fingerprint density at radius 3 is 2.21 bits per heavy atom. The van der Waals surface area contributed by atoms with Crippen LogP contribution in [-0.4, -0.2) is 11.0 Å². The third-order valence-electron chi connectivity index (χ3n) is 2.81. The van der Waals surface area contributed by atoms with Gasteiger partial charge in [-0.2, -0.15) is 13.2 Å². The van der Waals surface area contributed by atoms with Crippen molar-refractivity contribution in [1.29, 1.82) is 0 Å². The molecule has 0 aromatic carbocycles. The Morgan fingerprint density at radius 2 is 1.88 bits per heavy atom. The van der Waals surface area contributed by atoms with Crippen molar-refractivity contribution in [3.63, 3.8) is 0 Å². The number of ether oxygens (including phenoxy) is 1. The van der Waals surface area contributed by atoms with Crippen molar-refractivity contribution in [2.75, 3.05) is 0 Å². The van der Waals surface area contributed by atoms with E-state index in [0.717, 1.165) is 6.92 Å². The molecule has 1 aromatic rings. The van der Waals surface area contributed by atoms with E-state index < -0.39 is 53.7 Å². The Balaban J connectivity index is 3.94. The van der Waals surface area contributed by atoms with Crippen LogP contribution in [0.3, 0.4) is 0 Å². The molecule has 0 aliphatic heterocycles. The fourth-order valence-corrected chi connectivity index (χ4v) is 3.51. The van der Waals surface area contributed by atoms with Crippen LogP contribution in [0.2, 0.25) is 0 Å². The van der Waals surface area contributed by atoms with Gasteiger partial charge >= 0.3 is 12.1 Å². The Labute approximate surface area is 139 Å². The minimum absolute atomic E-state index is 0.202. The lowest BCUT2D eigenvalue weighted by atomic mass is 10.0. The summed E-state index contributed by atoms with van der Waals surface area (Å²) in [6.45, 7) is 4.10. The first-order valence-electron chi connectivity index (χ1n) is 6.66. The lowest BCUT2D eigenvalue weighted by Crippen LogP contribution is -2.26. The zero-order chi connectivity index (χ0) is 18.8. The second-order valence-electron chi connectivity index (χ2n) is 5.29. The van der Waals surface area contributed by atoms with Crippen LogP contribution in [0.1, 0.15) is 44.1 Å². The number of carbonyl (C=O) groups excluding carboxylic acids is 1. The summed E-state index contributed by atoms with van der Waals surface area (Å²) in [6, 6.07) is 0. The first kappa shape index (κ1) is 20.8. The number of hydrogen-bond acceptors (Lipinski definition) is 4. The molecule has 0 saturated heterocycles. The molecule has 1 rings (SSSR count). The van der Waals surface area contributed by atoms with Gasteiger partial charge in [0.15, 0.2) is 18.6 Å². The quantitative estimate of drug-likeness (QED) is 0.420. The number of aromatic nitrogens is 1. The summed E-state index contributed by atoms with van der Waals surface area (Å²) in [4.78, 5) is 14.0. The lowest BCUT2D eigenvalue weighted by molar-refractivity contribution is -0.140. The summed E-state index contributed by atoms with van der Waals surface area (Å²) in [5, 5.41) is -0.900. The number of hydrogen-bond donors (Lipinski definition) is 0. The van der Waals surface area contributed by atoms with E-state index in [1.54, 1.807) is 13.8 Å². The minimum Gasteiger partial charge on any atom is -0.424 e. The molecule has 0 aliphatic carbocycles. The van der Waals surface area contributed by atoms with Gasteiger partial charge in [0.05, 0.1) is 5.30 Å². The van der Waals surface area contributed by atoms with E-state index >= 15 is 0 Å². The summed E-state index contributed by atoms with van der Waals surface area (Å²) in [6.07, 6.45) is -8.78. The monoisotopic (exact) mass is 393 g/mol. The summed E-state index contributed by atoms with van der Waals surface area (Å²) in [7, 11) is -3.49. The van der Waals surface area contributed by atoms with Gasteiger partial charge in [-0.05, 0) is 12.3 Å². The summed E-state index contributed by atoms with van der Waals surface area (Å²) in [5.41, 5.74) is -3.52. The predicted molar refractivity (Wildman–Crippen MR) is 78.5 cm³/mol. The van der Waals surface area contributed by atoms with Crippen LogP contribution in [0, 0.1) is 5.92 Å². The van der Waals surface area contributed by atoms with Gasteiger partial charge in [-0.15, -0.1) is 0 Å². The highest BCUT2D eigenvalue weighted by atomic mass is 35.7. The van der Waals surface area contributed by atoms with E-state index in [1.807, 2.05) is 0 Å². The molecule has 0 aliphatic rings. The molecule has 0 N–H and O–H groups in total. The van der Waals surface area contributed by atoms with Crippen molar-refractivity contribution >= 4 is 29.7 Å². The third-order valence-corrected chi connectivity index (χ3v) is 4.31. The van der Waals surface area contributed by atoms with E-state index in [2.05, 4.69) is 9.72 Å². The standard InChI is InChI=1S/C13H14ClF5NO3P/c1-5(2)4-7-9(23-6(3)21)8(12(15)16)20-11(13(17,18)19)10(7)24(14)22/h5,12,24H,4H2,1-3H3. The van der Waals surface area contributed by atoms with Gasteiger partial charge in [0.2, 0.25) is 0 Å². The van der Waals surface area contributed by atoms with Crippen LogP contribution in [0.5, 0.6) is 5.75 Å². The molecule has 0 radical (unpaired) electrons. The second-order valence-corrected chi connectivity index (χ2v) is 7.37. The summed E-state index contributed by atoms with van der Waals surface area (Å²) in [5.74, 6) is -2.15. The molecule has 24 heavy (non-hydrogen) atoms. The van der Waals surface area contributed by atoms with Crippen molar-refractivity contribution in [3.8, 4) is 5.75 Å². The highest BCUT2D eigenvalue weighted by Crippen LogP contribution is 2.42. The van der Waals surface area contributed by atoms with Crippen molar-refractivity contribution in [3.05, 3.63) is 17.0 Å².